The number of hydrogen-bond donors (Lipinski definition) is 1. The molecule has 2 heterocycles. The summed E-state index contributed by atoms with van der Waals surface area (Å²) < 4.78 is 6.25. The van der Waals surface area contributed by atoms with Crippen molar-refractivity contribution in [2.75, 3.05) is 13.2 Å². The summed E-state index contributed by atoms with van der Waals surface area (Å²) in [6, 6.07) is 0. The number of aliphatic hydroxyl groups is 1. The molecule has 0 spiro atoms. The molecule has 15 heavy (non-hydrogen) atoms. The summed E-state index contributed by atoms with van der Waals surface area (Å²) in [5.41, 5.74) is 0. The van der Waals surface area contributed by atoms with E-state index in [9.17, 15) is 0 Å². The van der Waals surface area contributed by atoms with Crippen LogP contribution in [0.1, 0.15) is 17.7 Å². The van der Waals surface area contributed by atoms with E-state index in [0.717, 1.165) is 35.3 Å². The van der Waals surface area contributed by atoms with E-state index in [1.54, 1.807) is 11.8 Å². The minimum Gasteiger partial charge on any atom is -0.391 e. The molecule has 0 radical (unpaired) electrons. The number of aliphatic hydroxyl groups excluding tert-OH is 1. The van der Waals surface area contributed by atoms with Gasteiger partial charge in [0.2, 0.25) is 0 Å². The van der Waals surface area contributed by atoms with Crippen LogP contribution in [0.5, 0.6) is 0 Å². The van der Waals surface area contributed by atoms with Gasteiger partial charge in [-0.3, -0.25) is 0 Å². The third-order valence-corrected chi connectivity index (χ3v) is 5.11. The first kappa shape index (κ1) is 11.7. The number of ether oxygens (including phenoxy) is 1. The Morgan fingerprint density at radius 1 is 1.53 bits per heavy atom. The van der Waals surface area contributed by atoms with Crippen LogP contribution < -0.4 is 0 Å². The van der Waals surface area contributed by atoms with Crippen LogP contribution in [0.25, 0.3) is 0 Å². The molecule has 0 bridgehead atoms. The fourth-order valence-corrected chi connectivity index (χ4v) is 4.06. The number of nitrogens with zero attached hydrogens (tertiary/aromatic N) is 1. The quantitative estimate of drug-likeness (QED) is 0.912. The van der Waals surface area contributed by atoms with Gasteiger partial charge in [-0.2, -0.15) is 0 Å². The zero-order valence-corrected chi connectivity index (χ0v) is 10.5. The van der Waals surface area contributed by atoms with Crippen molar-refractivity contribution in [1.82, 2.24) is 4.98 Å². The lowest BCUT2D eigenvalue weighted by molar-refractivity contribution is 0.100. The highest BCUT2D eigenvalue weighted by Crippen LogP contribution is 2.35. The maximum atomic E-state index is 8.99. The van der Waals surface area contributed by atoms with Gasteiger partial charge < -0.3 is 9.84 Å². The van der Waals surface area contributed by atoms with Crippen molar-refractivity contribution in [1.29, 1.82) is 0 Å². The zero-order valence-electron chi connectivity index (χ0n) is 8.11. The first-order valence-corrected chi connectivity index (χ1v) is 6.87. The summed E-state index contributed by atoms with van der Waals surface area (Å²) in [7, 11) is 0. The number of thiazole rings is 1. The van der Waals surface area contributed by atoms with Gasteiger partial charge in [-0.15, -0.1) is 11.3 Å². The van der Waals surface area contributed by atoms with Gasteiger partial charge in [0, 0.05) is 18.5 Å². The standard InChI is InChI=1S/C9H12ClNO2S2/c10-8-7(5-12)15-9(11-8)14-6-1-3-13-4-2-6/h6,12H,1-5H2. The minimum absolute atomic E-state index is 0.0230. The normalized spacial score (nSPS) is 18.3. The lowest BCUT2D eigenvalue weighted by Crippen LogP contribution is -2.17. The Balaban J connectivity index is 1.97. The number of hydrogen-bond acceptors (Lipinski definition) is 5. The van der Waals surface area contributed by atoms with Crippen molar-refractivity contribution in [2.45, 2.75) is 29.0 Å². The van der Waals surface area contributed by atoms with Gasteiger partial charge in [0.1, 0.15) is 5.15 Å². The van der Waals surface area contributed by atoms with Gasteiger partial charge in [-0.25, -0.2) is 4.98 Å². The van der Waals surface area contributed by atoms with Gasteiger partial charge in [0.15, 0.2) is 4.34 Å². The van der Waals surface area contributed by atoms with E-state index in [1.165, 1.54) is 11.3 Å². The second-order valence-electron chi connectivity index (χ2n) is 3.28. The minimum atomic E-state index is -0.0230. The van der Waals surface area contributed by atoms with E-state index in [1.807, 2.05) is 0 Å². The van der Waals surface area contributed by atoms with Gasteiger partial charge in [0.05, 0.1) is 11.5 Å². The lowest BCUT2D eigenvalue weighted by atomic mass is 10.2. The number of halogens is 1. The van der Waals surface area contributed by atoms with Crippen LogP contribution in [0.2, 0.25) is 5.15 Å². The summed E-state index contributed by atoms with van der Waals surface area (Å²) in [4.78, 5) is 4.98. The van der Waals surface area contributed by atoms with E-state index < -0.39 is 0 Å². The van der Waals surface area contributed by atoms with Crippen LogP contribution in [-0.4, -0.2) is 28.6 Å². The van der Waals surface area contributed by atoms with Crippen LogP contribution in [0.15, 0.2) is 4.34 Å². The molecule has 1 aromatic rings. The van der Waals surface area contributed by atoms with E-state index in [-0.39, 0.29) is 6.61 Å². The topological polar surface area (TPSA) is 42.4 Å². The van der Waals surface area contributed by atoms with Gasteiger partial charge in [0.25, 0.3) is 0 Å². The molecule has 0 unspecified atom stereocenters. The van der Waals surface area contributed by atoms with Gasteiger partial charge in [-0.1, -0.05) is 23.4 Å². The Labute approximate surface area is 102 Å². The molecule has 6 heteroatoms. The van der Waals surface area contributed by atoms with E-state index >= 15 is 0 Å². The number of rotatable bonds is 3. The van der Waals surface area contributed by atoms with Crippen molar-refractivity contribution >= 4 is 34.7 Å². The Bertz CT molecular complexity index is 326. The van der Waals surface area contributed by atoms with Crippen molar-refractivity contribution in [3.63, 3.8) is 0 Å². The largest absolute Gasteiger partial charge is 0.391 e. The average Bonchev–Trinajstić information content (AvgIpc) is 2.60. The molecule has 0 amide bonds. The molecule has 1 aromatic heterocycles. The Morgan fingerprint density at radius 2 is 2.27 bits per heavy atom. The third-order valence-electron chi connectivity index (χ3n) is 2.21. The summed E-state index contributed by atoms with van der Waals surface area (Å²) >= 11 is 9.09. The van der Waals surface area contributed by atoms with E-state index in [2.05, 4.69) is 4.98 Å². The Morgan fingerprint density at radius 3 is 2.87 bits per heavy atom. The fraction of sp³-hybridized carbons (Fsp3) is 0.667. The monoisotopic (exact) mass is 265 g/mol. The van der Waals surface area contributed by atoms with Crippen molar-refractivity contribution < 1.29 is 9.84 Å². The molecular weight excluding hydrogens is 254 g/mol. The highest BCUT2D eigenvalue weighted by atomic mass is 35.5. The van der Waals surface area contributed by atoms with Gasteiger partial charge in [-0.05, 0) is 12.8 Å². The molecule has 84 valence electrons. The molecule has 1 fully saturated rings. The van der Waals surface area contributed by atoms with Crippen LogP contribution >= 0.6 is 34.7 Å². The summed E-state index contributed by atoms with van der Waals surface area (Å²) in [5.74, 6) is 0. The first-order chi connectivity index (χ1) is 7.29. The SMILES string of the molecule is OCc1sc(SC2CCOCC2)nc1Cl. The molecule has 1 aliphatic rings. The van der Waals surface area contributed by atoms with Crippen LogP contribution in [-0.2, 0) is 11.3 Å². The predicted octanol–water partition coefficient (Wildman–Crippen LogP) is 2.56. The van der Waals surface area contributed by atoms with Crippen LogP contribution in [0, 0.1) is 0 Å². The smallest absolute Gasteiger partial charge is 0.152 e. The highest BCUT2D eigenvalue weighted by molar-refractivity contribution is 8.01. The van der Waals surface area contributed by atoms with Gasteiger partial charge >= 0.3 is 0 Å². The molecule has 3 nitrogen and oxygen atoms in total. The van der Waals surface area contributed by atoms with Crippen LogP contribution in [0.3, 0.4) is 0 Å². The van der Waals surface area contributed by atoms with Crippen molar-refractivity contribution in [2.24, 2.45) is 0 Å². The van der Waals surface area contributed by atoms with Crippen molar-refractivity contribution in [3.8, 4) is 0 Å². The molecule has 1 saturated heterocycles. The maximum Gasteiger partial charge on any atom is 0.152 e. The summed E-state index contributed by atoms with van der Waals surface area (Å²) in [6.07, 6.45) is 2.13. The summed E-state index contributed by atoms with van der Waals surface area (Å²) in [5, 5.41) is 10.0. The third kappa shape index (κ3) is 3.07. The second-order valence-corrected chi connectivity index (χ2v) is 6.27. The lowest BCUT2D eigenvalue weighted by Gasteiger charge is -2.19. The molecule has 0 aromatic carbocycles. The zero-order chi connectivity index (χ0) is 10.7. The van der Waals surface area contributed by atoms with Crippen molar-refractivity contribution in [3.05, 3.63) is 10.0 Å². The number of thioether (sulfide) groups is 1. The molecular formula is C9H12ClNO2S2. The summed E-state index contributed by atoms with van der Waals surface area (Å²) in [6.45, 7) is 1.65. The average molecular weight is 266 g/mol. The molecule has 0 aliphatic carbocycles. The predicted molar refractivity (Wildman–Crippen MR) is 62.7 cm³/mol. The second kappa shape index (κ2) is 5.50. The van der Waals surface area contributed by atoms with Crippen LogP contribution in [0.4, 0.5) is 0 Å². The molecule has 0 saturated carbocycles. The Hall–Kier alpha value is 0.190. The van der Waals surface area contributed by atoms with E-state index in [4.69, 9.17) is 21.4 Å². The Kier molecular flexibility index (Phi) is 4.28. The maximum absolute atomic E-state index is 8.99. The fourth-order valence-electron chi connectivity index (χ4n) is 1.40. The highest BCUT2D eigenvalue weighted by Gasteiger charge is 2.18. The number of aromatic nitrogens is 1. The first-order valence-electron chi connectivity index (χ1n) is 4.80. The van der Waals surface area contributed by atoms with E-state index in [0.29, 0.717) is 10.4 Å². The molecule has 2 rings (SSSR count). The molecule has 1 N–H and O–H groups in total. The molecule has 1 aliphatic heterocycles. The molecule has 0 atom stereocenters.